The summed E-state index contributed by atoms with van der Waals surface area (Å²) in [5.41, 5.74) is 3.07. The molecule has 0 saturated carbocycles. The number of carbonyl (C=O) groups is 3. The zero-order valence-electron chi connectivity index (χ0n) is 21.7. The molecule has 0 radical (unpaired) electrons. The summed E-state index contributed by atoms with van der Waals surface area (Å²) >= 11 is 0. The van der Waals surface area contributed by atoms with Gasteiger partial charge in [-0.1, -0.05) is 31.2 Å². The third-order valence-corrected chi connectivity index (χ3v) is 5.99. The first-order valence-electron chi connectivity index (χ1n) is 12.5. The molecule has 0 spiro atoms. The molecule has 38 heavy (non-hydrogen) atoms. The van der Waals surface area contributed by atoms with E-state index in [1.54, 1.807) is 48.8 Å². The van der Waals surface area contributed by atoms with Gasteiger partial charge in [-0.2, -0.15) is 0 Å². The fraction of sp³-hybridized carbons (Fsp3) is 0.286. The Kier molecular flexibility index (Phi) is 8.42. The van der Waals surface area contributed by atoms with E-state index in [9.17, 15) is 14.4 Å². The normalized spacial score (nSPS) is 11.8. The minimum absolute atomic E-state index is 0.130. The molecular weight excluding hydrogens is 482 g/mol. The van der Waals surface area contributed by atoms with Gasteiger partial charge >= 0.3 is 0 Å². The van der Waals surface area contributed by atoms with Gasteiger partial charge in [0.1, 0.15) is 18.1 Å². The molecule has 3 amide bonds. The van der Waals surface area contributed by atoms with Crippen LogP contribution in [0.5, 0.6) is 0 Å². The van der Waals surface area contributed by atoms with Crippen LogP contribution in [0.2, 0.25) is 0 Å². The first-order chi connectivity index (χ1) is 18.3. The van der Waals surface area contributed by atoms with E-state index in [-0.39, 0.29) is 24.3 Å². The smallest absolute Gasteiger partial charge is 0.249 e. The van der Waals surface area contributed by atoms with Gasteiger partial charge in [-0.05, 0) is 66.4 Å². The van der Waals surface area contributed by atoms with Crippen LogP contribution in [0.25, 0.3) is 11.0 Å². The maximum atomic E-state index is 14.0. The Bertz CT molecular complexity index is 1400. The first-order valence-corrected chi connectivity index (χ1v) is 12.5. The molecule has 1 atom stereocenters. The van der Waals surface area contributed by atoms with Gasteiger partial charge in [0, 0.05) is 37.2 Å². The zero-order chi connectivity index (χ0) is 27.1. The van der Waals surface area contributed by atoms with Crippen LogP contribution in [0.1, 0.15) is 38.8 Å². The van der Waals surface area contributed by atoms with Crippen LogP contribution in [0.15, 0.2) is 73.1 Å². The Morgan fingerprint density at radius 2 is 1.68 bits per heavy atom. The number of anilines is 2. The summed E-state index contributed by atoms with van der Waals surface area (Å²) in [6.07, 6.45) is 3.99. The number of para-hydroxylation sites is 1. The number of benzene rings is 2. The monoisotopic (exact) mass is 513 g/mol. The van der Waals surface area contributed by atoms with Crippen molar-refractivity contribution in [2.24, 2.45) is 5.92 Å². The van der Waals surface area contributed by atoms with E-state index < -0.39 is 6.04 Å². The second kappa shape index (κ2) is 12.1. The van der Waals surface area contributed by atoms with E-state index in [1.807, 2.05) is 24.3 Å². The summed E-state index contributed by atoms with van der Waals surface area (Å²) in [4.78, 5) is 44.7. The van der Waals surface area contributed by atoms with Crippen molar-refractivity contribution in [2.45, 2.75) is 39.8 Å². The lowest BCUT2D eigenvalue weighted by Gasteiger charge is -2.31. The molecule has 0 bridgehead atoms. The Morgan fingerprint density at radius 1 is 0.974 bits per heavy atom. The Labute approximate surface area is 221 Å². The fourth-order valence-electron chi connectivity index (χ4n) is 4.13. The maximum Gasteiger partial charge on any atom is 0.249 e. The van der Waals surface area contributed by atoms with Crippen molar-refractivity contribution in [3.8, 4) is 0 Å². The van der Waals surface area contributed by atoms with Crippen LogP contribution >= 0.6 is 0 Å². The largest absolute Gasteiger partial charge is 0.354 e. The standard InChI is InChI=1S/C28H31N7O3/c1-19(2)12-17-30-28(38)27(21-13-15-29-16-14-21)35(23-10-8-22(9-11-23)31-20(3)36)26(37)18-34-25-7-5-4-6-24(25)32-33-34/h4-11,13-16,19,27H,12,17-18H2,1-3H3,(H,30,38)(H,31,36)/t27-/m0/s1. The van der Waals surface area contributed by atoms with Gasteiger partial charge < -0.3 is 10.6 Å². The molecule has 10 nitrogen and oxygen atoms in total. The van der Waals surface area contributed by atoms with Gasteiger partial charge in [-0.3, -0.25) is 24.3 Å². The van der Waals surface area contributed by atoms with Gasteiger partial charge in [0.15, 0.2) is 0 Å². The van der Waals surface area contributed by atoms with E-state index in [0.29, 0.717) is 40.4 Å². The van der Waals surface area contributed by atoms with Gasteiger partial charge in [0.05, 0.1) is 5.52 Å². The van der Waals surface area contributed by atoms with E-state index in [4.69, 9.17) is 0 Å². The van der Waals surface area contributed by atoms with Crippen molar-refractivity contribution in [2.75, 3.05) is 16.8 Å². The van der Waals surface area contributed by atoms with Crippen LogP contribution in [-0.4, -0.2) is 44.2 Å². The topological polar surface area (TPSA) is 122 Å². The zero-order valence-corrected chi connectivity index (χ0v) is 21.7. The summed E-state index contributed by atoms with van der Waals surface area (Å²) in [6, 6.07) is 16.7. The van der Waals surface area contributed by atoms with E-state index in [2.05, 4.69) is 39.8 Å². The third-order valence-electron chi connectivity index (χ3n) is 5.99. The summed E-state index contributed by atoms with van der Waals surface area (Å²) in [6.45, 7) is 5.94. The predicted octanol–water partition coefficient (Wildman–Crippen LogP) is 3.72. The molecule has 0 aliphatic carbocycles. The lowest BCUT2D eigenvalue weighted by molar-refractivity contribution is -0.127. The minimum Gasteiger partial charge on any atom is -0.354 e. The molecule has 196 valence electrons. The molecule has 10 heteroatoms. The average molecular weight is 514 g/mol. The Balaban J connectivity index is 1.74. The number of carbonyl (C=O) groups excluding carboxylic acids is 3. The molecule has 0 saturated heterocycles. The van der Waals surface area contributed by atoms with Crippen molar-refractivity contribution < 1.29 is 14.4 Å². The number of amides is 3. The van der Waals surface area contributed by atoms with Crippen LogP contribution < -0.4 is 15.5 Å². The van der Waals surface area contributed by atoms with Crippen LogP contribution in [0, 0.1) is 5.92 Å². The number of hydrogen-bond acceptors (Lipinski definition) is 6. The highest BCUT2D eigenvalue weighted by molar-refractivity contribution is 6.01. The van der Waals surface area contributed by atoms with E-state index in [1.165, 1.54) is 16.5 Å². The molecule has 2 heterocycles. The van der Waals surface area contributed by atoms with Gasteiger partial charge in [0.25, 0.3) is 0 Å². The molecule has 2 aromatic heterocycles. The molecular formula is C28H31N7O3. The Hall–Kier alpha value is -4.60. The SMILES string of the molecule is CC(=O)Nc1ccc(N(C(=O)Cn2nnc3ccccc32)[C@H](C(=O)NCCC(C)C)c2ccncc2)cc1. The second-order valence-corrected chi connectivity index (χ2v) is 9.38. The molecule has 0 fully saturated rings. The van der Waals surface area contributed by atoms with Crippen LogP contribution in [0.4, 0.5) is 11.4 Å². The third kappa shape index (κ3) is 6.39. The lowest BCUT2D eigenvalue weighted by Crippen LogP contribution is -2.45. The summed E-state index contributed by atoms with van der Waals surface area (Å²) in [5.74, 6) is -0.453. The number of hydrogen-bond donors (Lipinski definition) is 2. The number of pyridine rings is 1. The van der Waals surface area contributed by atoms with Gasteiger partial charge in [0.2, 0.25) is 17.7 Å². The van der Waals surface area contributed by atoms with Crippen molar-refractivity contribution in [1.82, 2.24) is 25.3 Å². The van der Waals surface area contributed by atoms with Crippen LogP contribution in [0.3, 0.4) is 0 Å². The maximum absolute atomic E-state index is 14.0. The van der Waals surface area contributed by atoms with Crippen molar-refractivity contribution in [3.05, 3.63) is 78.6 Å². The molecule has 0 aliphatic heterocycles. The first kappa shape index (κ1) is 26.5. The molecule has 4 aromatic rings. The van der Waals surface area contributed by atoms with Crippen LogP contribution in [-0.2, 0) is 20.9 Å². The van der Waals surface area contributed by atoms with Gasteiger partial charge in [-0.15, -0.1) is 5.10 Å². The highest BCUT2D eigenvalue weighted by Crippen LogP contribution is 2.29. The number of nitrogens with one attached hydrogen (secondary N) is 2. The summed E-state index contributed by atoms with van der Waals surface area (Å²) in [7, 11) is 0. The second-order valence-electron chi connectivity index (χ2n) is 9.38. The summed E-state index contributed by atoms with van der Waals surface area (Å²) in [5, 5.41) is 14.0. The number of aromatic nitrogens is 4. The predicted molar refractivity (Wildman–Crippen MR) is 145 cm³/mol. The molecule has 4 rings (SSSR count). The molecule has 2 N–H and O–H groups in total. The fourth-order valence-corrected chi connectivity index (χ4v) is 4.13. The number of rotatable bonds is 10. The van der Waals surface area contributed by atoms with E-state index in [0.717, 1.165) is 6.42 Å². The van der Waals surface area contributed by atoms with Crippen molar-refractivity contribution in [3.63, 3.8) is 0 Å². The molecule has 0 unspecified atom stereocenters. The molecule has 2 aromatic carbocycles. The Morgan fingerprint density at radius 3 is 2.37 bits per heavy atom. The number of nitrogens with zero attached hydrogens (tertiary/aromatic N) is 5. The van der Waals surface area contributed by atoms with E-state index >= 15 is 0 Å². The van der Waals surface area contributed by atoms with Crippen molar-refractivity contribution >= 4 is 40.1 Å². The highest BCUT2D eigenvalue weighted by Gasteiger charge is 2.33. The average Bonchev–Trinajstić information content (AvgIpc) is 3.30. The quantitative estimate of drug-likeness (QED) is 0.333. The van der Waals surface area contributed by atoms with Crippen molar-refractivity contribution in [1.29, 1.82) is 0 Å². The highest BCUT2D eigenvalue weighted by atomic mass is 16.2. The number of fused-ring (bicyclic) bond motifs is 1. The molecule has 0 aliphatic rings. The summed E-state index contributed by atoms with van der Waals surface area (Å²) < 4.78 is 1.52. The lowest BCUT2D eigenvalue weighted by atomic mass is 10.0. The minimum atomic E-state index is -0.959. The van der Waals surface area contributed by atoms with Gasteiger partial charge in [-0.25, -0.2) is 4.68 Å².